The molecule has 0 aliphatic carbocycles. The van der Waals surface area contributed by atoms with Gasteiger partial charge in [0.2, 0.25) is 0 Å². The quantitative estimate of drug-likeness (QED) is 0.252. The molecule has 0 aromatic heterocycles. The second-order valence-corrected chi connectivity index (χ2v) is 9.02. The van der Waals surface area contributed by atoms with Gasteiger partial charge in [0.05, 0.1) is 13.7 Å². The fourth-order valence-corrected chi connectivity index (χ4v) is 4.15. The normalized spacial score (nSPS) is 10.6. The summed E-state index contributed by atoms with van der Waals surface area (Å²) in [5.74, 6) is 0.761. The van der Waals surface area contributed by atoms with Crippen molar-refractivity contribution < 1.29 is 14.3 Å². The summed E-state index contributed by atoms with van der Waals surface area (Å²) < 4.78 is 11.3. The zero-order chi connectivity index (χ0) is 24.8. The van der Waals surface area contributed by atoms with Gasteiger partial charge in [-0.3, -0.25) is 4.79 Å². The van der Waals surface area contributed by atoms with Crippen molar-refractivity contribution in [2.45, 2.75) is 6.42 Å². The van der Waals surface area contributed by atoms with Crippen LogP contribution < -0.4 is 14.8 Å². The summed E-state index contributed by atoms with van der Waals surface area (Å²) in [6.45, 7) is 0.356. The Balaban J connectivity index is 1.42. The van der Waals surface area contributed by atoms with E-state index in [1.807, 2.05) is 54.6 Å². The third kappa shape index (κ3) is 6.49. The number of halogens is 3. The van der Waals surface area contributed by atoms with Gasteiger partial charge in [0, 0.05) is 32.7 Å². The van der Waals surface area contributed by atoms with E-state index in [2.05, 4.69) is 5.32 Å². The Morgan fingerprint density at radius 1 is 0.771 bits per heavy atom. The smallest absolute Gasteiger partial charge is 0.255 e. The lowest BCUT2D eigenvalue weighted by Crippen LogP contribution is -2.12. The molecular formula is C28H22Cl3NO3. The van der Waals surface area contributed by atoms with E-state index in [9.17, 15) is 4.79 Å². The molecule has 0 bridgehead atoms. The molecule has 0 spiro atoms. The Kier molecular flexibility index (Phi) is 8.19. The number of ether oxygens (including phenoxy) is 2. The lowest BCUT2D eigenvalue weighted by atomic mass is 10.1. The summed E-state index contributed by atoms with van der Waals surface area (Å²) in [4.78, 5) is 12.9. The van der Waals surface area contributed by atoms with Gasteiger partial charge in [-0.05, 0) is 71.3 Å². The summed E-state index contributed by atoms with van der Waals surface area (Å²) >= 11 is 18.2. The predicted molar refractivity (Wildman–Crippen MR) is 143 cm³/mol. The molecule has 0 saturated heterocycles. The molecule has 0 fully saturated rings. The molecule has 4 aromatic rings. The van der Waals surface area contributed by atoms with Gasteiger partial charge in [-0.2, -0.15) is 0 Å². The number of methoxy groups -OCH3 is 1. The van der Waals surface area contributed by atoms with Gasteiger partial charge in [-0.1, -0.05) is 65.1 Å². The van der Waals surface area contributed by atoms with Crippen LogP contribution in [0.1, 0.15) is 15.9 Å². The van der Waals surface area contributed by atoms with Gasteiger partial charge in [-0.15, -0.1) is 0 Å². The fourth-order valence-electron chi connectivity index (χ4n) is 3.52. The fraction of sp³-hybridized carbons (Fsp3) is 0.107. The van der Waals surface area contributed by atoms with Gasteiger partial charge in [0.25, 0.3) is 5.91 Å². The van der Waals surface area contributed by atoms with Crippen LogP contribution in [-0.4, -0.2) is 19.6 Å². The van der Waals surface area contributed by atoms with Crippen LogP contribution in [0.2, 0.25) is 15.1 Å². The average molecular weight is 527 g/mol. The number of amides is 1. The highest BCUT2D eigenvalue weighted by Crippen LogP contribution is 2.30. The van der Waals surface area contributed by atoms with E-state index < -0.39 is 0 Å². The van der Waals surface area contributed by atoms with Crippen molar-refractivity contribution in [1.29, 1.82) is 0 Å². The standard InChI is InChI=1S/C28H22Cl3NO3/c1-34-26-13-7-21(16-27(26)35-15-14-20-4-10-23(30)17-25(20)31)28(33)32-24-11-5-19(6-12-24)18-2-8-22(29)9-3-18/h2-13,16-17H,14-15H2,1H3,(H,32,33). The Morgan fingerprint density at radius 3 is 2.09 bits per heavy atom. The van der Waals surface area contributed by atoms with Gasteiger partial charge >= 0.3 is 0 Å². The molecule has 1 amide bonds. The highest BCUT2D eigenvalue weighted by Gasteiger charge is 2.13. The number of hydrogen-bond acceptors (Lipinski definition) is 3. The van der Waals surface area contributed by atoms with Crippen molar-refractivity contribution in [1.82, 2.24) is 0 Å². The zero-order valence-electron chi connectivity index (χ0n) is 18.9. The maximum Gasteiger partial charge on any atom is 0.255 e. The number of carbonyl (C=O) groups is 1. The number of carbonyl (C=O) groups excluding carboxylic acids is 1. The number of hydrogen-bond donors (Lipinski definition) is 1. The largest absolute Gasteiger partial charge is 0.493 e. The highest BCUT2D eigenvalue weighted by atomic mass is 35.5. The summed E-state index contributed by atoms with van der Waals surface area (Å²) in [5, 5.41) is 4.78. The van der Waals surface area contributed by atoms with Gasteiger partial charge in [0.1, 0.15) is 0 Å². The number of nitrogens with one attached hydrogen (secondary N) is 1. The Bertz CT molecular complexity index is 1320. The van der Waals surface area contributed by atoms with Crippen LogP contribution in [0, 0.1) is 0 Å². The summed E-state index contributed by atoms with van der Waals surface area (Å²) in [6.07, 6.45) is 0.579. The van der Waals surface area contributed by atoms with Crippen LogP contribution in [0.5, 0.6) is 11.5 Å². The van der Waals surface area contributed by atoms with E-state index in [4.69, 9.17) is 44.3 Å². The van der Waals surface area contributed by atoms with E-state index in [0.29, 0.717) is 50.8 Å². The molecule has 4 aromatic carbocycles. The van der Waals surface area contributed by atoms with Gasteiger partial charge in [-0.25, -0.2) is 0 Å². The number of benzene rings is 4. The summed E-state index contributed by atoms with van der Waals surface area (Å²) in [5.41, 5.74) is 4.13. The molecule has 7 heteroatoms. The van der Waals surface area contributed by atoms with E-state index in [1.54, 1.807) is 37.4 Å². The first-order valence-electron chi connectivity index (χ1n) is 10.8. The lowest BCUT2D eigenvalue weighted by molar-refractivity contribution is 0.102. The van der Waals surface area contributed by atoms with E-state index in [-0.39, 0.29) is 5.91 Å². The average Bonchev–Trinajstić information content (AvgIpc) is 2.86. The molecule has 4 nitrogen and oxygen atoms in total. The van der Waals surface area contributed by atoms with Gasteiger partial charge < -0.3 is 14.8 Å². The minimum atomic E-state index is -0.252. The molecule has 0 unspecified atom stereocenters. The molecule has 0 atom stereocenters. The molecule has 0 aliphatic rings. The molecule has 0 heterocycles. The van der Waals surface area contributed by atoms with Crippen molar-refractivity contribution in [3.63, 3.8) is 0 Å². The van der Waals surface area contributed by atoms with Crippen molar-refractivity contribution >= 4 is 46.4 Å². The van der Waals surface area contributed by atoms with Crippen LogP contribution in [0.4, 0.5) is 5.69 Å². The Hall–Kier alpha value is -3.18. The molecule has 4 rings (SSSR count). The van der Waals surface area contributed by atoms with Crippen LogP contribution in [-0.2, 0) is 6.42 Å². The van der Waals surface area contributed by atoms with Crippen LogP contribution in [0.25, 0.3) is 11.1 Å². The molecule has 0 saturated carbocycles. The van der Waals surface area contributed by atoms with Crippen LogP contribution in [0.3, 0.4) is 0 Å². The topological polar surface area (TPSA) is 47.6 Å². The number of anilines is 1. The first kappa shape index (κ1) is 24.9. The second kappa shape index (κ2) is 11.5. The third-order valence-electron chi connectivity index (χ3n) is 5.39. The van der Waals surface area contributed by atoms with Crippen molar-refractivity contribution in [2.24, 2.45) is 0 Å². The molecule has 1 N–H and O–H groups in total. The third-order valence-corrected chi connectivity index (χ3v) is 6.23. The minimum absolute atomic E-state index is 0.252. The van der Waals surface area contributed by atoms with Crippen molar-refractivity contribution in [3.8, 4) is 22.6 Å². The van der Waals surface area contributed by atoms with E-state index in [0.717, 1.165) is 16.7 Å². The Morgan fingerprint density at radius 2 is 1.43 bits per heavy atom. The predicted octanol–water partition coefficient (Wildman–Crippen LogP) is 8.20. The second-order valence-electron chi connectivity index (χ2n) is 7.74. The monoisotopic (exact) mass is 525 g/mol. The summed E-state index contributed by atoms with van der Waals surface area (Å²) in [6, 6.07) is 25.6. The SMILES string of the molecule is COc1ccc(C(=O)Nc2ccc(-c3ccc(Cl)cc3)cc2)cc1OCCc1ccc(Cl)cc1Cl. The summed E-state index contributed by atoms with van der Waals surface area (Å²) in [7, 11) is 1.56. The molecular weight excluding hydrogens is 505 g/mol. The van der Waals surface area contributed by atoms with Crippen LogP contribution in [0.15, 0.2) is 84.9 Å². The first-order chi connectivity index (χ1) is 16.9. The molecule has 35 heavy (non-hydrogen) atoms. The van der Waals surface area contributed by atoms with E-state index >= 15 is 0 Å². The molecule has 178 valence electrons. The molecule has 0 radical (unpaired) electrons. The van der Waals surface area contributed by atoms with Gasteiger partial charge in [0.15, 0.2) is 11.5 Å². The Labute approximate surface area is 219 Å². The lowest BCUT2D eigenvalue weighted by Gasteiger charge is -2.13. The highest BCUT2D eigenvalue weighted by molar-refractivity contribution is 6.35. The molecule has 0 aliphatic heterocycles. The zero-order valence-corrected chi connectivity index (χ0v) is 21.1. The van der Waals surface area contributed by atoms with E-state index in [1.165, 1.54) is 0 Å². The maximum atomic E-state index is 12.9. The number of rotatable bonds is 8. The van der Waals surface area contributed by atoms with Crippen LogP contribution >= 0.6 is 34.8 Å². The maximum absolute atomic E-state index is 12.9. The van der Waals surface area contributed by atoms with Crippen molar-refractivity contribution in [3.05, 3.63) is 111 Å². The van der Waals surface area contributed by atoms with Crippen molar-refractivity contribution in [2.75, 3.05) is 19.0 Å². The minimum Gasteiger partial charge on any atom is -0.493 e. The first-order valence-corrected chi connectivity index (χ1v) is 12.0.